The highest BCUT2D eigenvalue weighted by Crippen LogP contribution is 2.12. The molecule has 0 radical (unpaired) electrons. The molecule has 0 aromatic heterocycles. The van der Waals surface area contributed by atoms with Crippen LogP contribution in [0, 0.1) is 0 Å². The molecule has 1 aromatic rings. The summed E-state index contributed by atoms with van der Waals surface area (Å²) in [4.78, 5) is 25.7. The average molecular weight is 274 g/mol. The predicted octanol–water partition coefficient (Wildman–Crippen LogP) is 1.75. The number of hydrogen-bond donors (Lipinski definition) is 1. The van der Waals surface area contributed by atoms with E-state index in [4.69, 9.17) is 0 Å². The Hall–Kier alpha value is -1.84. The Kier molecular flexibility index (Phi) is 5.16. The van der Waals surface area contributed by atoms with Gasteiger partial charge < -0.3 is 10.2 Å². The molecule has 1 heterocycles. The van der Waals surface area contributed by atoms with Crippen molar-refractivity contribution >= 4 is 11.8 Å². The fourth-order valence-corrected chi connectivity index (χ4v) is 2.65. The van der Waals surface area contributed by atoms with Gasteiger partial charge in [0.2, 0.25) is 11.8 Å². The fraction of sp³-hybridized carbons (Fsp3) is 0.500. The molecular formula is C16H22N2O2. The predicted molar refractivity (Wildman–Crippen MR) is 78.2 cm³/mol. The van der Waals surface area contributed by atoms with Crippen molar-refractivity contribution in [2.24, 2.45) is 0 Å². The number of piperazine rings is 1. The van der Waals surface area contributed by atoms with Gasteiger partial charge in [-0.25, -0.2) is 0 Å². The first kappa shape index (κ1) is 14.6. The second kappa shape index (κ2) is 7.08. The van der Waals surface area contributed by atoms with Crippen LogP contribution in [-0.4, -0.2) is 35.8 Å². The van der Waals surface area contributed by atoms with Crippen LogP contribution in [0.3, 0.4) is 0 Å². The third-order valence-corrected chi connectivity index (χ3v) is 3.74. The third kappa shape index (κ3) is 3.59. The van der Waals surface area contributed by atoms with Crippen LogP contribution in [0.5, 0.6) is 0 Å². The first-order valence-electron chi connectivity index (χ1n) is 7.33. The Bertz CT molecular complexity index is 459. The monoisotopic (exact) mass is 274 g/mol. The maximum atomic E-state index is 12.2. The summed E-state index contributed by atoms with van der Waals surface area (Å²) in [5.74, 6) is 0.0813. The molecule has 0 aliphatic carbocycles. The number of nitrogens with zero attached hydrogens (tertiary/aromatic N) is 1. The van der Waals surface area contributed by atoms with Crippen molar-refractivity contribution in [1.82, 2.24) is 10.2 Å². The minimum atomic E-state index is -0.284. The van der Waals surface area contributed by atoms with E-state index < -0.39 is 0 Å². The minimum absolute atomic E-state index is 0.0184. The van der Waals surface area contributed by atoms with E-state index in [0.29, 0.717) is 25.9 Å². The number of benzene rings is 1. The van der Waals surface area contributed by atoms with Gasteiger partial charge in [0, 0.05) is 19.5 Å². The van der Waals surface area contributed by atoms with Crippen LogP contribution in [0.15, 0.2) is 30.3 Å². The molecule has 1 fully saturated rings. The third-order valence-electron chi connectivity index (χ3n) is 3.74. The van der Waals surface area contributed by atoms with E-state index in [0.717, 1.165) is 12.8 Å². The van der Waals surface area contributed by atoms with E-state index in [1.54, 1.807) is 4.90 Å². The lowest BCUT2D eigenvalue weighted by Gasteiger charge is -2.34. The Balaban J connectivity index is 1.83. The molecule has 1 aliphatic heterocycles. The number of hydrogen-bond acceptors (Lipinski definition) is 2. The molecule has 2 amide bonds. The number of nitrogens with one attached hydrogen (secondary N) is 1. The molecule has 1 atom stereocenters. The summed E-state index contributed by atoms with van der Waals surface area (Å²) in [7, 11) is 0. The quantitative estimate of drug-likeness (QED) is 0.889. The SMILES string of the molecule is CCC1C(=O)NCCN1C(=O)CCCc1ccccc1. The van der Waals surface area contributed by atoms with Crippen molar-refractivity contribution in [2.75, 3.05) is 13.1 Å². The van der Waals surface area contributed by atoms with Gasteiger partial charge in [0.05, 0.1) is 0 Å². The highest BCUT2D eigenvalue weighted by atomic mass is 16.2. The molecule has 1 saturated heterocycles. The first-order valence-corrected chi connectivity index (χ1v) is 7.33. The van der Waals surface area contributed by atoms with Gasteiger partial charge in [-0.3, -0.25) is 9.59 Å². The van der Waals surface area contributed by atoms with Crippen molar-refractivity contribution in [3.63, 3.8) is 0 Å². The van der Waals surface area contributed by atoms with Crippen molar-refractivity contribution in [3.05, 3.63) is 35.9 Å². The molecule has 108 valence electrons. The standard InChI is InChI=1S/C16H22N2O2/c1-2-14-16(20)17-11-12-18(14)15(19)10-6-9-13-7-4-3-5-8-13/h3-5,7-8,14H,2,6,9-12H2,1H3,(H,17,20). The second-order valence-corrected chi connectivity index (χ2v) is 5.14. The molecule has 1 N–H and O–H groups in total. The zero-order valence-corrected chi connectivity index (χ0v) is 12.0. The van der Waals surface area contributed by atoms with Gasteiger partial charge >= 0.3 is 0 Å². The largest absolute Gasteiger partial charge is 0.353 e. The Labute approximate surface area is 120 Å². The van der Waals surface area contributed by atoms with Gasteiger partial charge in [0.25, 0.3) is 0 Å². The molecule has 0 spiro atoms. The van der Waals surface area contributed by atoms with Crippen molar-refractivity contribution in [3.8, 4) is 0 Å². The highest BCUT2D eigenvalue weighted by molar-refractivity contribution is 5.88. The Morgan fingerprint density at radius 3 is 2.80 bits per heavy atom. The number of carbonyl (C=O) groups is 2. The van der Waals surface area contributed by atoms with Gasteiger partial charge in [0.1, 0.15) is 6.04 Å². The number of rotatable bonds is 5. The summed E-state index contributed by atoms with van der Waals surface area (Å²) in [5, 5.41) is 2.82. The van der Waals surface area contributed by atoms with E-state index in [1.807, 2.05) is 25.1 Å². The Morgan fingerprint density at radius 1 is 1.35 bits per heavy atom. The Morgan fingerprint density at radius 2 is 2.10 bits per heavy atom. The summed E-state index contributed by atoms with van der Waals surface area (Å²) in [6.07, 6.45) is 2.93. The zero-order valence-electron chi connectivity index (χ0n) is 12.0. The summed E-state index contributed by atoms with van der Waals surface area (Å²) in [6.45, 7) is 3.15. The van der Waals surface area contributed by atoms with Gasteiger partial charge in [0.15, 0.2) is 0 Å². The molecule has 2 rings (SSSR count). The lowest BCUT2D eigenvalue weighted by molar-refractivity contribution is -0.143. The second-order valence-electron chi connectivity index (χ2n) is 5.14. The molecule has 1 unspecified atom stereocenters. The molecule has 0 bridgehead atoms. The minimum Gasteiger partial charge on any atom is -0.353 e. The molecular weight excluding hydrogens is 252 g/mol. The maximum Gasteiger partial charge on any atom is 0.242 e. The van der Waals surface area contributed by atoms with Gasteiger partial charge in [-0.15, -0.1) is 0 Å². The average Bonchev–Trinajstić information content (AvgIpc) is 2.48. The molecule has 0 saturated carbocycles. The molecule has 4 nitrogen and oxygen atoms in total. The van der Waals surface area contributed by atoms with Gasteiger partial charge in [-0.2, -0.15) is 0 Å². The maximum absolute atomic E-state index is 12.2. The van der Waals surface area contributed by atoms with E-state index in [9.17, 15) is 9.59 Å². The van der Waals surface area contributed by atoms with Crippen molar-refractivity contribution < 1.29 is 9.59 Å². The van der Waals surface area contributed by atoms with Gasteiger partial charge in [-0.05, 0) is 24.8 Å². The fourth-order valence-electron chi connectivity index (χ4n) is 2.65. The normalized spacial score (nSPS) is 18.8. The smallest absolute Gasteiger partial charge is 0.242 e. The van der Waals surface area contributed by atoms with Crippen LogP contribution in [-0.2, 0) is 16.0 Å². The van der Waals surface area contributed by atoms with E-state index in [1.165, 1.54) is 5.56 Å². The van der Waals surface area contributed by atoms with Crippen LogP contribution >= 0.6 is 0 Å². The number of carbonyl (C=O) groups excluding carboxylic acids is 2. The summed E-state index contributed by atoms with van der Waals surface area (Å²) in [5.41, 5.74) is 1.25. The van der Waals surface area contributed by atoms with Gasteiger partial charge in [-0.1, -0.05) is 37.3 Å². The highest BCUT2D eigenvalue weighted by Gasteiger charge is 2.30. The first-order chi connectivity index (χ1) is 9.72. The number of aryl methyl sites for hydroxylation is 1. The lowest BCUT2D eigenvalue weighted by atomic mass is 10.1. The van der Waals surface area contributed by atoms with E-state index in [2.05, 4.69) is 17.4 Å². The van der Waals surface area contributed by atoms with Crippen LogP contribution < -0.4 is 5.32 Å². The van der Waals surface area contributed by atoms with Crippen LogP contribution in [0.2, 0.25) is 0 Å². The van der Waals surface area contributed by atoms with Crippen molar-refractivity contribution in [1.29, 1.82) is 0 Å². The number of amides is 2. The topological polar surface area (TPSA) is 49.4 Å². The zero-order chi connectivity index (χ0) is 14.4. The van der Waals surface area contributed by atoms with Crippen LogP contribution in [0.1, 0.15) is 31.7 Å². The van der Waals surface area contributed by atoms with E-state index >= 15 is 0 Å². The van der Waals surface area contributed by atoms with Crippen LogP contribution in [0.25, 0.3) is 0 Å². The molecule has 1 aromatic carbocycles. The van der Waals surface area contributed by atoms with Crippen molar-refractivity contribution in [2.45, 2.75) is 38.6 Å². The van der Waals surface area contributed by atoms with Crippen LogP contribution in [0.4, 0.5) is 0 Å². The molecule has 4 heteroatoms. The van der Waals surface area contributed by atoms with E-state index in [-0.39, 0.29) is 17.9 Å². The summed E-state index contributed by atoms with van der Waals surface area (Å²) >= 11 is 0. The summed E-state index contributed by atoms with van der Waals surface area (Å²) in [6, 6.07) is 9.89. The molecule has 20 heavy (non-hydrogen) atoms. The molecule has 1 aliphatic rings. The lowest BCUT2D eigenvalue weighted by Crippen LogP contribution is -2.56. The summed E-state index contributed by atoms with van der Waals surface area (Å²) < 4.78 is 0.